The van der Waals surface area contributed by atoms with Gasteiger partial charge in [0.2, 0.25) is 5.91 Å². The van der Waals surface area contributed by atoms with Gasteiger partial charge in [-0.15, -0.1) is 0 Å². The minimum Gasteiger partial charge on any atom is -0.490 e. The van der Waals surface area contributed by atoms with Gasteiger partial charge in [0.05, 0.1) is 30.7 Å². The van der Waals surface area contributed by atoms with Gasteiger partial charge in [-0.2, -0.15) is 0 Å². The quantitative estimate of drug-likeness (QED) is 0.471. The van der Waals surface area contributed by atoms with Crippen molar-refractivity contribution in [2.75, 3.05) is 32.8 Å². The lowest BCUT2D eigenvalue weighted by atomic mass is 9.94. The number of rotatable bonds is 10. The lowest BCUT2D eigenvalue weighted by molar-refractivity contribution is -0.121. The van der Waals surface area contributed by atoms with Crippen LogP contribution in [0.3, 0.4) is 0 Å². The van der Waals surface area contributed by atoms with Crippen LogP contribution in [0.5, 0.6) is 5.75 Å². The molecule has 2 fully saturated rings. The monoisotopic (exact) mass is 545 g/mol. The predicted molar refractivity (Wildman–Crippen MR) is 141 cm³/mol. The molecule has 11 heteroatoms. The molecule has 2 aliphatic heterocycles. The van der Waals surface area contributed by atoms with Crippen molar-refractivity contribution in [3.05, 3.63) is 42.0 Å². The number of carbonyl (C=O) groups excluding carboxylic acids is 2. The number of amides is 2. The lowest BCUT2D eigenvalue weighted by Gasteiger charge is -2.36. The molecule has 1 aromatic carbocycles. The van der Waals surface area contributed by atoms with Gasteiger partial charge >= 0.3 is 0 Å². The van der Waals surface area contributed by atoms with Gasteiger partial charge in [0.25, 0.3) is 5.91 Å². The number of hydrogen-bond donors (Lipinski definition) is 2. The third-order valence-corrected chi connectivity index (χ3v) is 7.92. The van der Waals surface area contributed by atoms with Crippen LogP contribution in [-0.4, -0.2) is 87.3 Å². The highest BCUT2D eigenvalue weighted by Crippen LogP contribution is 2.27. The van der Waals surface area contributed by atoms with E-state index in [0.717, 1.165) is 36.9 Å². The Morgan fingerprint density at radius 2 is 1.85 bits per heavy atom. The van der Waals surface area contributed by atoms with Crippen molar-refractivity contribution in [3.8, 4) is 17.1 Å². The molecule has 4 rings (SSSR count). The number of benzene rings is 1. The van der Waals surface area contributed by atoms with Gasteiger partial charge in [-0.1, -0.05) is 19.9 Å². The SMILES string of the molecule is CCC(F)(CC)CN1CCC(COc2cnc(-c3ccc(C(=O)N4CC(O)CC4C(N)=O)c(F)c3)nc2)CC1. The van der Waals surface area contributed by atoms with E-state index in [4.69, 9.17) is 10.5 Å². The molecule has 2 amide bonds. The highest BCUT2D eigenvalue weighted by atomic mass is 19.1. The van der Waals surface area contributed by atoms with Gasteiger partial charge in [-0.3, -0.25) is 9.59 Å². The number of alkyl halides is 1. The Labute approximate surface area is 227 Å². The Morgan fingerprint density at radius 3 is 2.44 bits per heavy atom. The minimum atomic E-state index is -1.12. The van der Waals surface area contributed by atoms with E-state index in [9.17, 15) is 23.5 Å². The zero-order valence-corrected chi connectivity index (χ0v) is 22.5. The molecular weight excluding hydrogens is 508 g/mol. The Kier molecular flexibility index (Phi) is 9.12. The smallest absolute Gasteiger partial charge is 0.257 e. The fourth-order valence-electron chi connectivity index (χ4n) is 5.23. The van der Waals surface area contributed by atoms with Gasteiger partial charge in [-0.05, 0) is 56.8 Å². The summed E-state index contributed by atoms with van der Waals surface area (Å²) in [7, 11) is 0. The highest BCUT2D eigenvalue weighted by Gasteiger charge is 2.39. The van der Waals surface area contributed by atoms with Crippen LogP contribution in [0.4, 0.5) is 8.78 Å². The molecule has 2 aromatic rings. The Balaban J connectivity index is 1.31. The van der Waals surface area contributed by atoms with E-state index in [1.807, 2.05) is 13.8 Å². The molecule has 39 heavy (non-hydrogen) atoms. The maximum Gasteiger partial charge on any atom is 0.257 e. The molecule has 2 aliphatic rings. The fraction of sp³-hybridized carbons (Fsp3) is 0.571. The number of carbonyl (C=O) groups is 2. The van der Waals surface area contributed by atoms with E-state index in [-0.39, 0.29) is 24.4 Å². The van der Waals surface area contributed by atoms with Crippen LogP contribution in [0, 0.1) is 11.7 Å². The van der Waals surface area contributed by atoms with Crippen LogP contribution in [-0.2, 0) is 4.79 Å². The predicted octanol–water partition coefficient (Wildman–Crippen LogP) is 2.96. The number of ether oxygens (including phenoxy) is 1. The Hall–Kier alpha value is -3.18. The fourth-order valence-corrected chi connectivity index (χ4v) is 5.23. The number of nitrogens with two attached hydrogens (primary N) is 1. The molecule has 0 aliphatic carbocycles. The number of β-amino-alcohol motifs (C(OH)–C–C–N with tert-alkyl or cyclic N) is 1. The topological polar surface area (TPSA) is 122 Å². The van der Waals surface area contributed by atoms with Crippen LogP contribution in [0.25, 0.3) is 11.4 Å². The number of aliphatic hydroxyl groups excluding tert-OH is 1. The number of aliphatic hydroxyl groups is 1. The molecule has 0 bridgehead atoms. The molecule has 2 atom stereocenters. The van der Waals surface area contributed by atoms with Crippen LogP contribution in [0.15, 0.2) is 30.6 Å². The van der Waals surface area contributed by atoms with Crippen LogP contribution >= 0.6 is 0 Å². The normalized spacial score (nSPS) is 20.8. The molecular formula is C28H37F2N5O4. The van der Waals surface area contributed by atoms with Crippen LogP contribution in [0.1, 0.15) is 56.3 Å². The largest absolute Gasteiger partial charge is 0.490 e. The second-order valence-corrected chi connectivity index (χ2v) is 10.6. The third kappa shape index (κ3) is 6.88. The van der Waals surface area contributed by atoms with Crippen molar-refractivity contribution < 1.29 is 28.2 Å². The molecule has 0 spiro atoms. The molecule has 0 saturated carbocycles. The number of primary amides is 1. The summed E-state index contributed by atoms with van der Waals surface area (Å²) in [6.45, 7) is 6.40. The van der Waals surface area contributed by atoms with Crippen molar-refractivity contribution in [1.29, 1.82) is 0 Å². The summed E-state index contributed by atoms with van der Waals surface area (Å²) >= 11 is 0. The third-order valence-electron chi connectivity index (χ3n) is 7.92. The Bertz CT molecular complexity index is 1150. The van der Waals surface area contributed by atoms with E-state index >= 15 is 0 Å². The van der Waals surface area contributed by atoms with E-state index in [2.05, 4.69) is 14.9 Å². The first kappa shape index (κ1) is 28.8. The average molecular weight is 546 g/mol. The van der Waals surface area contributed by atoms with Crippen molar-refractivity contribution in [3.63, 3.8) is 0 Å². The van der Waals surface area contributed by atoms with Crippen molar-refractivity contribution in [2.24, 2.45) is 11.7 Å². The van der Waals surface area contributed by atoms with Gasteiger partial charge in [-0.25, -0.2) is 18.7 Å². The summed E-state index contributed by atoms with van der Waals surface area (Å²) in [5, 5.41) is 9.84. The molecule has 2 saturated heterocycles. The molecule has 0 radical (unpaired) electrons. The summed E-state index contributed by atoms with van der Waals surface area (Å²) in [6.07, 6.45) is 5.11. The van der Waals surface area contributed by atoms with Gasteiger partial charge in [0.1, 0.15) is 17.5 Å². The summed E-state index contributed by atoms with van der Waals surface area (Å²) in [5.74, 6) is -1.12. The van der Waals surface area contributed by atoms with E-state index in [1.165, 1.54) is 24.5 Å². The first-order chi connectivity index (χ1) is 18.6. The van der Waals surface area contributed by atoms with Crippen molar-refractivity contribution in [1.82, 2.24) is 19.8 Å². The number of likely N-dealkylation sites (tertiary alicyclic amines) is 2. The number of halogens is 2. The Morgan fingerprint density at radius 1 is 1.18 bits per heavy atom. The lowest BCUT2D eigenvalue weighted by Crippen LogP contribution is -2.44. The summed E-state index contributed by atoms with van der Waals surface area (Å²) in [4.78, 5) is 36.3. The minimum absolute atomic E-state index is 0.0277. The molecule has 9 nitrogen and oxygen atoms in total. The summed E-state index contributed by atoms with van der Waals surface area (Å²) < 4.78 is 35.5. The molecule has 1 aromatic heterocycles. The van der Waals surface area contributed by atoms with Crippen LogP contribution in [0.2, 0.25) is 0 Å². The standard InChI is InChI=1S/C28H37F2N5O4/c1-3-28(30,4-2)17-34-9-7-18(8-10-34)16-39-21-13-32-26(33-14-21)19-5-6-22(23(29)11-19)27(38)35-15-20(36)12-24(35)25(31)37/h5-6,11,13-14,18,20,24,36H,3-4,7-10,12,15-17H2,1-2H3,(H2,31,37). The molecule has 3 heterocycles. The average Bonchev–Trinajstić information content (AvgIpc) is 3.34. The van der Waals surface area contributed by atoms with Gasteiger partial charge in [0.15, 0.2) is 11.6 Å². The second kappa shape index (κ2) is 12.3. The number of nitrogens with zero attached hydrogens (tertiary/aromatic N) is 4. The molecule has 3 N–H and O–H groups in total. The van der Waals surface area contributed by atoms with E-state index < -0.39 is 35.4 Å². The second-order valence-electron chi connectivity index (χ2n) is 10.6. The summed E-state index contributed by atoms with van der Waals surface area (Å²) in [6, 6.07) is 3.01. The first-order valence-corrected chi connectivity index (χ1v) is 13.6. The first-order valence-electron chi connectivity index (χ1n) is 13.6. The molecule has 212 valence electrons. The van der Waals surface area contributed by atoms with Gasteiger partial charge < -0.3 is 25.4 Å². The number of hydrogen-bond acceptors (Lipinski definition) is 7. The number of piperidine rings is 1. The van der Waals surface area contributed by atoms with Crippen molar-refractivity contribution in [2.45, 2.75) is 63.8 Å². The van der Waals surface area contributed by atoms with Crippen LogP contribution < -0.4 is 10.5 Å². The van der Waals surface area contributed by atoms with Gasteiger partial charge in [0, 0.05) is 25.1 Å². The van der Waals surface area contributed by atoms with E-state index in [1.54, 1.807) is 0 Å². The highest BCUT2D eigenvalue weighted by molar-refractivity contribution is 5.98. The van der Waals surface area contributed by atoms with Crippen molar-refractivity contribution >= 4 is 11.8 Å². The zero-order chi connectivity index (χ0) is 28.2. The number of aromatic nitrogens is 2. The molecule has 2 unspecified atom stereocenters. The zero-order valence-electron chi connectivity index (χ0n) is 22.5. The maximum atomic E-state index is 14.9. The van der Waals surface area contributed by atoms with E-state index in [0.29, 0.717) is 43.2 Å². The maximum absolute atomic E-state index is 14.9. The summed E-state index contributed by atoms with van der Waals surface area (Å²) in [5.41, 5.74) is 4.36.